The summed E-state index contributed by atoms with van der Waals surface area (Å²) in [4.78, 5) is 35.6. The average Bonchev–Trinajstić information content (AvgIpc) is 2.80. The van der Waals surface area contributed by atoms with Crippen LogP contribution < -0.4 is 16.2 Å². The fraction of sp³-hybridized carbons (Fsp3) is 0.533. The topological polar surface area (TPSA) is 110 Å². The van der Waals surface area contributed by atoms with Crippen LogP contribution in [0.15, 0.2) is 10.5 Å². The minimum absolute atomic E-state index is 0.186. The predicted octanol–water partition coefficient (Wildman–Crippen LogP) is 1.43. The van der Waals surface area contributed by atoms with E-state index < -0.39 is 23.9 Å². The molecule has 3 amide bonds. The third-order valence-electron chi connectivity index (χ3n) is 3.08. The van der Waals surface area contributed by atoms with E-state index in [-0.39, 0.29) is 12.5 Å². The molecular formula is C15H23N3O5. The first-order valence-electron chi connectivity index (χ1n) is 7.36. The average molecular weight is 325 g/mol. The van der Waals surface area contributed by atoms with Crippen LogP contribution in [0.3, 0.4) is 0 Å². The highest BCUT2D eigenvalue weighted by Crippen LogP contribution is 2.13. The number of amides is 3. The van der Waals surface area contributed by atoms with Crippen molar-refractivity contribution in [2.24, 2.45) is 5.92 Å². The Balaban J connectivity index is 2.63. The second-order valence-electron chi connectivity index (χ2n) is 5.36. The van der Waals surface area contributed by atoms with E-state index in [0.717, 1.165) is 0 Å². The lowest BCUT2D eigenvalue weighted by atomic mass is 10.0. The van der Waals surface area contributed by atoms with Gasteiger partial charge in [-0.05, 0) is 32.8 Å². The number of furan rings is 1. The standard InChI is InChI=1S/C15H23N3O5/c1-6-22-15(21)16-12(8(2)3)14(20)18-17-13(19)11-7-9(4)23-10(11)5/h7-8,12H,6H2,1-5H3,(H,16,21)(H,17,19)(H,18,20). The molecule has 1 rings (SSSR count). The van der Waals surface area contributed by atoms with Gasteiger partial charge in [-0.25, -0.2) is 4.79 Å². The monoisotopic (exact) mass is 325 g/mol. The van der Waals surface area contributed by atoms with Crippen molar-refractivity contribution >= 4 is 17.9 Å². The lowest BCUT2D eigenvalue weighted by molar-refractivity contribution is -0.124. The summed E-state index contributed by atoms with van der Waals surface area (Å²) in [6.45, 7) is 8.78. The zero-order chi connectivity index (χ0) is 17.6. The van der Waals surface area contributed by atoms with Gasteiger partial charge in [0.25, 0.3) is 11.8 Å². The second-order valence-corrected chi connectivity index (χ2v) is 5.36. The molecule has 1 unspecified atom stereocenters. The van der Waals surface area contributed by atoms with Crippen LogP contribution in [0.4, 0.5) is 4.79 Å². The molecule has 0 saturated heterocycles. The fourth-order valence-electron chi connectivity index (χ4n) is 1.95. The summed E-state index contributed by atoms with van der Waals surface area (Å²) in [6, 6.07) is 0.745. The lowest BCUT2D eigenvalue weighted by Gasteiger charge is -2.21. The summed E-state index contributed by atoms with van der Waals surface area (Å²) in [5, 5.41) is 2.45. The van der Waals surface area contributed by atoms with E-state index in [9.17, 15) is 14.4 Å². The number of ether oxygens (including phenoxy) is 1. The van der Waals surface area contributed by atoms with E-state index in [0.29, 0.717) is 17.1 Å². The molecule has 1 atom stereocenters. The van der Waals surface area contributed by atoms with Crippen molar-refractivity contribution in [1.82, 2.24) is 16.2 Å². The number of carbonyl (C=O) groups is 3. The fourth-order valence-corrected chi connectivity index (χ4v) is 1.95. The Morgan fingerprint density at radius 3 is 2.35 bits per heavy atom. The minimum Gasteiger partial charge on any atom is -0.466 e. The van der Waals surface area contributed by atoms with Crippen LogP contribution in [-0.4, -0.2) is 30.6 Å². The summed E-state index contributed by atoms with van der Waals surface area (Å²) >= 11 is 0. The lowest BCUT2D eigenvalue weighted by Crippen LogP contribution is -2.54. The number of hydrazine groups is 1. The molecule has 1 heterocycles. The van der Waals surface area contributed by atoms with Crippen molar-refractivity contribution in [3.05, 3.63) is 23.2 Å². The van der Waals surface area contributed by atoms with Crippen molar-refractivity contribution in [3.8, 4) is 0 Å². The Hall–Kier alpha value is -2.51. The van der Waals surface area contributed by atoms with E-state index in [2.05, 4.69) is 16.2 Å². The van der Waals surface area contributed by atoms with E-state index in [4.69, 9.17) is 9.15 Å². The number of rotatable bonds is 5. The van der Waals surface area contributed by atoms with Gasteiger partial charge in [0.05, 0.1) is 12.2 Å². The Labute approximate surface area is 134 Å². The molecule has 23 heavy (non-hydrogen) atoms. The molecule has 0 fully saturated rings. The smallest absolute Gasteiger partial charge is 0.407 e. The summed E-state index contributed by atoms with van der Waals surface area (Å²) in [7, 11) is 0. The van der Waals surface area contributed by atoms with E-state index in [1.54, 1.807) is 40.7 Å². The predicted molar refractivity (Wildman–Crippen MR) is 82.6 cm³/mol. The molecule has 8 heteroatoms. The van der Waals surface area contributed by atoms with Gasteiger partial charge in [-0.2, -0.15) is 0 Å². The Bertz CT molecular complexity index is 580. The first-order valence-corrected chi connectivity index (χ1v) is 7.36. The van der Waals surface area contributed by atoms with Crippen LogP contribution in [0.25, 0.3) is 0 Å². The van der Waals surface area contributed by atoms with Crippen LogP contribution >= 0.6 is 0 Å². The molecule has 0 aliphatic rings. The number of hydrogen-bond donors (Lipinski definition) is 3. The summed E-state index contributed by atoms with van der Waals surface area (Å²) in [5.41, 5.74) is 4.93. The Morgan fingerprint density at radius 2 is 1.87 bits per heavy atom. The molecule has 0 aliphatic carbocycles. The quantitative estimate of drug-likeness (QED) is 0.709. The zero-order valence-electron chi connectivity index (χ0n) is 14.0. The van der Waals surface area contributed by atoms with Gasteiger partial charge in [-0.1, -0.05) is 13.8 Å². The zero-order valence-corrected chi connectivity index (χ0v) is 14.0. The molecular weight excluding hydrogens is 302 g/mol. The largest absolute Gasteiger partial charge is 0.466 e. The number of aryl methyl sites for hydroxylation is 2. The molecule has 3 N–H and O–H groups in total. The van der Waals surface area contributed by atoms with Crippen LogP contribution in [-0.2, 0) is 9.53 Å². The molecule has 128 valence electrons. The van der Waals surface area contributed by atoms with Gasteiger partial charge < -0.3 is 14.5 Å². The third-order valence-corrected chi connectivity index (χ3v) is 3.08. The maximum Gasteiger partial charge on any atom is 0.407 e. The summed E-state index contributed by atoms with van der Waals surface area (Å²) in [5.74, 6) is -0.165. The maximum atomic E-state index is 12.1. The van der Waals surface area contributed by atoms with Crippen LogP contribution in [0.1, 0.15) is 42.6 Å². The highest BCUT2D eigenvalue weighted by molar-refractivity contribution is 5.97. The van der Waals surface area contributed by atoms with Gasteiger partial charge >= 0.3 is 6.09 Å². The van der Waals surface area contributed by atoms with Gasteiger partial charge in [0, 0.05) is 0 Å². The van der Waals surface area contributed by atoms with Crippen molar-refractivity contribution < 1.29 is 23.5 Å². The Morgan fingerprint density at radius 1 is 1.22 bits per heavy atom. The SMILES string of the molecule is CCOC(=O)NC(C(=O)NNC(=O)c1cc(C)oc1C)C(C)C. The van der Waals surface area contributed by atoms with Crippen molar-refractivity contribution in [2.45, 2.75) is 40.7 Å². The number of alkyl carbamates (subject to hydrolysis) is 1. The second kappa shape index (κ2) is 8.21. The van der Waals surface area contributed by atoms with Gasteiger partial charge in [0.1, 0.15) is 17.6 Å². The summed E-state index contributed by atoms with van der Waals surface area (Å²) < 4.78 is 10.0. The third kappa shape index (κ3) is 5.32. The molecule has 0 radical (unpaired) electrons. The van der Waals surface area contributed by atoms with Crippen molar-refractivity contribution in [3.63, 3.8) is 0 Å². The Kier molecular flexibility index (Phi) is 6.62. The van der Waals surface area contributed by atoms with Crippen LogP contribution in [0.2, 0.25) is 0 Å². The number of carbonyl (C=O) groups excluding carboxylic acids is 3. The van der Waals surface area contributed by atoms with E-state index in [1.165, 1.54) is 0 Å². The molecule has 1 aromatic rings. The molecule has 0 bridgehead atoms. The molecule has 0 aromatic carbocycles. The molecule has 1 aromatic heterocycles. The van der Waals surface area contributed by atoms with E-state index in [1.807, 2.05) is 0 Å². The van der Waals surface area contributed by atoms with Gasteiger partial charge in [-0.3, -0.25) is 20.4 Å². The number of hydrogen-bond acceptors (Lipinski definition) is 5. The van der Waals surface area contributed by atoms with Gasteiger partial charge in [-0.15, -0.1) is 0 Å². The first kappa shape index (κ1) is 18.5. The van der Waals surface area contributed by atoms with Crippen LogP contribution in [0.5, 0.6) is 0 Å². The van der Waals surface area contributed by atoms with Crippen molar-refractivity contribution in [2.75, 3.05) is 6.61 Å². The number of nitrogens with one attached hydrogen (secondary N) is 3. The van der Waals surface area contributed by atoms with Crippen molar-refractivity contribution in [1.29, 1.82) is 0 Å². The molecule has 0 aliphatic heterocycles. The maximum absolute atomic E-state index is 12.1. The van der Waals surface area contributed by atoms with Gasteiger partial charge in [0.15, 0.2) is 0 Å². The summed E-state index contributed by atoms with van der Waals surface area (Å²) in [6.07, 6.45) is -0.686. The van der Waals surface area contributed by atoms with Gasteiger partial charge in [0.2, 0.25) is 0 Å². The van der Waals surface area contributed by atoms with Crippen LogP contribution in [0, 0.1) is 19.8 Å². The first-order chi connectivity index (χ1) is 10.8. The highest BCUT2D eigenvalue weighted by Gasteiger charge is 2.25. The normalized spacial score (nSPS) is 11.7. The minimum atomic E-state index is -0.832. The highest BCUT2D eigenvalue weighted by atomic mass is 16.5. The molecule has 8 nitrogen and oxygen atoms in total. The van der Waals surface area contributed by atoms with E-state index >= 15 is 0 Å². The molecule has 0 saturated carbocycles. The molecule has 0 spiro atoms.